The van der Waals surface area contributed by atoms with Crippen molar-refractivity contribution in [3.8, 4) is 0 Å². The molecule has 0 spiro atoms. The molecule has 1 nitrogen and oxygen atoms in total. The Morgan fingerprint density at radius 2 is 2.00 bits per heavy atom. The highest BCUT2D eigenvalue weighted by Gasteiger charge is 2.43. The van der Waals surface area contributed by atoms with Crippen LogP contribution in [0.15, 0.2) is 0 Å². The molecule has 2 aliphatic carbocycles. The van der Waals surface area contributed by atoms with Gasteiger partial charge in [-0.05, 0) is 42.9 Å². The van der Waals surface area contributed by atoms with Gasteiger partial charge in [-0.25, -0.2) is 0 Å². The van der Waals surface area contributed by atoms with Gasteiger partial charge in [0.2, 0.25) is 0 Å². The highest BCUT2D eigenvalue weighted by molar-refractivity contribution is 4.94. The summed E-state index contributed by atoms with van der Waals surface area (Å²) in [5.74, 6) is 1.64. The summed E-state index contributed by atoms with van der Waals surface area (Å²) in [6, 6.07) is 0. The van der Waals surface area contributed by atoms with Gasteiger partial charge in [0, 0.05) is 0 Å². The van der Waals surface area contributed by atoms with Crippen molar-refractivity contribution in [2.45, 2.75) is 58.5 Å². The SMILES string of the molecule is CC1CCC[C@@]2(C)CC[C@@H](O)C[C@H]12. The molecule has 2 fully saturated rings. The first kappa shape index (κ1) is 9.51. The predicted octanol–water partition coefficient (Wildman–Crippen LogP) is 2.97. The molecular weight excluding hydrogens is 160 g/mol. The molecule has 0 aromatic rings. The molecule has 0 aliphatic heterocycles. The normalized spacial score (nSPS) is 51.5. The summed E-state index contributed by atoms with van der Waals surface area (Å²) >= 11 is 0. The van der Waals surface area contributed by atoms with E-state index in [0.717, 1.165) is 24.7 Å². The summed E-state index contributed by atoms with van der Waals surface area (Å²) in [5.41, 5.74) is 0.566. The molecule has 0 aromatic carbocycles. The summed E-state index contributed by atoms with van der Waals surface area (Å²) < 4.78 is 0. The van der Waals surface area contributed by atoms with E-state index in [1.54, 1.807) is 0 Å². The summed E-state index contributed by atoms with van der Waals surface area (Å²) in [7, 11) is 0. The Kier molecular flexibility index (Phi) is 2.39. The second kappa shape index (κ2) is 3.27. The third-order valence-corrected chi connectivity index (χ3v) is 4.56. The van der Waals surface area contributed by atoms with E-state index in [0.29, 0.717) is 5.41 Å². The van der Waals surface area contributed by atoms with Crippen LogP contribution in [-0.2, 0) is 0 Å². The molecule has 0 heterocycles. The number of aliphatic hydroxyl groups is 1. The molecular formula is C12H22O. The Balaban J connectivity index is 2.13. The van der Waals surface area contributed by atoms with E-state index in [-0.39, 0.29) is 6.10 Å². The molecule has 0 radical (unpaired) electrons. The summed E-state index contributed by atoms with van der Waals surface area (Å²) in [5, 5.41) is 9.68. The molecule has 76 valence electrons. The van der Waals surface area contributed by atoms with Gasteiger partial charge in [0.15, 0.2) is 0 Å². The Hall–Kier alpha value is -0.0400. The van der Waals surface area contributed by atoms with Crippen molar-refractivity contribution >= 4 is 0 Å². The third kappa shape index (κ3) is 1.63. The fraction of sp³-hybridized carbons (Fsp3) is 1.00. The van der Waals surface area contributed by atoms with Crippen molar-refractivity contribution < 1.29 is 5.11 Å². The summed E-state index contributed by atoms with van der Waals surface area (Å²) in [4.78, 5) is 0. The van der Waals surface area contributed by atoms with Crippen LogP contribution < -0.4 is 0 Å². The van der Waals surface area contributed by atoms with Crippen molar-refractivity contribution in [1.29, 1.82) is 0 Å². The average Bonchev–Trinajstić information content (AvgIpc) is 2.08. The lowest BCUT2D eigenvalue weighted by atomic mass is 9.56. The average molecular weight is 182 g/mol. The minimum atomic E-state index is -0.00127. The van der Waals surface area contributed by atoms with E-state index in [2.05, 4.69) is 13.8 Å². The maximum absolute atomic E-state index is 9.68. The van der Waals surface area contributed by atoms with E-state index >= 15 is 0 Å². The lowest BCUT2D eigenvalue weighted by molar-refractivity contribution is -0.0341. The standard InChI is InChI=1S/C12H22O/c1-9-4-3-6-12(2)7-5-10(13)8-11(9)12/h9-11,13H,3-8H2,1-2H3/t9?,10-,11-,12+/m1/s1. The monoisotopic (exact) mass is 182 g/mol. The van der Waals surface area contributed by atoms with E-state index in [9.17, 15) is 5.11 Å². The van der Waals surface area contributed by atoms with Crippen LogP contribution in [0.5, 0.6) is 0 Å². The highest BCUT2D eigenvalue weighted by atomic mass is 16.3. The molecule has 2 aliphatic rings. The van der Waals surface area contributed by atoms with E-state index in [4.69, 9.17) is 0 Å². The maximum Gasteiger partial charge on any atom is 0.0543 e. The van der Waals surface area contributed by atoms with Gasteiger partial charge in [-0.1, -0.05) is 26.7 Å². The van der Waals surface area contributed by atoms with E-state index in [1.807, 2.05) is 0 Å². The summed E-state index contributed by atoms with van der Waals surface area (Å²) in [6.07, 6.45) is 7.55. The molecule has 1 unspecified atom stereocenters. The number of fused-ring (bicyclic) bond motifs is 1. The zero-order chi connectivity index (χ0) is 9.47. The first-order valence-corrected chi connectivity index (χ1v) is 5.80. The van der Waals surface area contributed by atoms with Crippen LogP contribution in [-0.4, -0.2) is 11.2 Å². The molecule has 4 atom stereocenters. The van der Waals surface area contributed by atoms with Crippen molar-refractivity contribution in [3.05, 3.63) is 0 Å². The van der Waals surface area contributed by atoms with Crippen molar-refractivity contribution in [2.75, 3.05) is 0 Å². The summed E-state index contributed by atoms with van der Waals surface area (Å²) in [6.45, 7) is 4.82. The number of aliphatic hydroxyl groups excluding tert-OH is 1. The van der Waals surface area contributed by atoms with Gasteiger partial charge in [-0.3, -0.25) is 0 Å². The van der Waals surface area contributed by atoms with Crippen molar-refractivity contribution in [2.24, 2.45) is 17.3 Å². The first-order chi connectivity index (χ1) is 6.12. The number of hydrogen-bond acceptors (Lipinski definition) is 1. The van der Waals surface area contributed by atoms with Gasteiger partial charge in [0.1, 0.15) is 0 Å². The molecule has 0 aromatic heterocycles. The number of rotatable bonds is 0. The Morgan fingerprint density at radius 3 is 2.77 bits per heavy atom. The van der Waals surface area contributed by atoms with Crippen LogP contribution in [0, 0.1) is 17.3 Å². The largest absolute Gasteiger partial charge is 0.393 e. The Bertz CT molecular complexity index is 190. The fourth-order valence-electron chi connectivity index (χ4n) is 3.64. The maximum atomic E-state index is 9.68. The van der Waals surface area contributed by atoms with Crippen LogP contribution in [0.3, 0.4) is 0 Å². The van der Waals surface area contributed by atoms with E-state index < -0.39 is 0 Å². The Labute approximate surface area is 81.5 Å². The van der Waals surface area contributed by atoms with Gasteiger partial charge in [0.05, 0.1) is 6.10 Å². The van der Waals surface area contributed by atoms with Crippen molar-refractivity contribution in [1.82, 2.24) is 0 Å². The van der Waals surface area contributed by atoms with Gasteiger partial charge >= 0.3 is 0 Å². The van der Waals surface area contributed by atoms with Gasteiger partial charge in [0.25, 0.3) is 0 Å². The van der Waals surface area contributed by atoms with Crippen LogP contribution in [0.1, 0.15) is 52.4 Å². The number of hydrogen-bond donors (Lipinski definition) is 1. The van der Waals surface area contributed by atoms with Crippen LogP contribution in [0.25, 0.3) is 0 Å². The third-order valence-electron chi connectivity index (χ3n) is 4.56. The van der Waals surface area contributed by atoms with E-state index in [1.165, 1.54) is 25.7 Å². The lowest BCUT2D eigenvalue weighted by Crippen LogP contribution is -2.42. The molecule has 0 saturated heterocycles. The highest BCUT2D eigenvalue weighted by Crippen LogP contribution is 2.52. The van der Waals surface area contributed by atoms with Gasteiger partial charge in [-0.2, -0.15) is 0 Å². The fourth-order valence-corrected chi connectivity index (χ4v) is 3.64. The molecule has 13 heavy (non-hydrogen) atoms. The molecule has 1 heteroatoms. The molecule has 0 bridgehead atoms. The van der Waals surface area contributed by atoms with Gasteiger partial charge < -0.3 is 5.11 Å². The zero-order valence-electron chi connectivity index (χ0n) is 8.92. The molecule has 1 N–H and O–H groups in total. The second-order valence-corrected chi connectivity index (χ2v) is 5.56. The van der Waals surface area contributed by atoms with Crippen molar-refractivity contribution in [3.63, 3.8) is 0 Å². The Morgan fingerprint density at radius 1 is 1.23 bits per heavy atom. The smallest absolute Gasteiger partial charge is 0.0543 e. The van der Waals surface area contributed by atoms with Crippen LogP contribution >= 0.6 is 0 Å². The van der Waals surface area contributed by atoms with Crippen LogP contribution in [0.4, 0.5) is 0 Å². The predicted molar refractivity (Wildman–Crippen MR) is 54.5 cm³/mol. The van der Waals surface area contributed by atoms with Gasteiger partial charge in [-0.15, -0.1) is 0 Å². The molecule has 2 rings (SSSR count). The molecule has 2 saturated carbocycles. The second-order valence-electron chi connectivity index (χ2n) is 5.56. The minimum Gasteiger partial charge on any atom is -0.393 e. The zero-order valence-corrected chi connectivity index (χ0v) is 8.92. The minimum absolute atomic E-state index is 0.00127. The molecule has 0 amide bonds. The quantitative estimate of drug-likeness (QED) is 0.610. The van der Waals surface area contributed by atoms with Crippen LogP contribution in [0.2, 0.25) is 0 Å². The lowest BCUT2D eigenvalue weighted by Gasteiger charge is -2.49. The first-order valence-electron chi connectivity index (χ1n) is 5.80. The topological polar surface area (TPSA) is 20.2 Å².